The number of rotatable bonds is 5. The topological polar surface area (TPSA) is 58.0 Å². The lowest BCUT2D eigenvalue weighted by Crippen LogP contribution is -2.07. The predicted octanol–water partition coefficient (Wildman–Crippen LogP) is 3.36. The van der Waals surface area contributed by atoms with Gasteiger partial charge in [-0.05, 0) is 17.0 Å². The molecule has 2 rings (SSSR count). The quantitative estimate of drug-likeness (QED) is 0.830. The minimum absolute atomic E-state index is 0.0622. The van der Waals surface area contributed by atoms with Gasteiger partial charge in [-0.2, -0.15) is 0 Å². The molecule has 4 nitrogen and oxygen atoms in total. The van der Waals surface area contributed by atoms with E-state index in [-0.39, 0.29) is 12.5 Å². The smallest absolute Gasteiger partial charge is 0.138 e. The van der Waals surface area contributed by atoms with Gasteiger partial charge < -0.3 is 10.4 Å². The number of benzene rings is 1. The fourth-order valence-corrected chi connectivity index (χ4v) is 2.33. The second kappa shape index (κ2) is 6.68. The highest BCUT2D eigenvalue weighted by Crippen LogP contribution is 2.28. The first kappa shape index (κ1) is 14.8. The van der Waals surface area contributed by atoms with Crippen LogP contribution in [-0.2, 0) is 13.2 Å². The summed E-state index contributed by atoms with van der Waals surface area (Å²) < 4.78 is 0. The Hall–Kier alpha value is -1.65. The van der Waals surface area contributed by atoms with Gasteiger partial charge in [0.1, 0.15) is 17.3 Å². The van der Waals surface area contributed by atoms with Crippen LogP contribution in [0.15, 0.2) is 30.6 Å². The maximum atomic E-state index is 9.02. The molecule has 0 saturated heterocycles. The number of nitrogens with one attached hydrogen (secondary N) is 1. The molecule has 1 aromatic heterocycles. The summed E-state index contributed by atoms with van der Waals surface area (Å²) in [6.45, 7) is 4.84. The first-order valence-electron chi connectivity index (χ1n) is 6.54. The van der Waals surface area contributed by atoms with E-state index in [2.05, 4.69) is 29.1 Å². The highest BCUT2D eigenvalue weighted by molar-refractivity contribution is 6.30. The number of hydrogen-bond acceptors (Lipinski definition) is 4. The number of hydrogen-bond donors (Lipinski definition) is 2. The molecule has 1 heterocycles. The van der Waals surface area contributed by atoms with E-state index < -0.39 is 0 Å². The van der Waals surface area contributed by atoms with Crippen LogP contribution in [0.3, 0.4) is 0 Å². The third-order valence-electron chi connectivity index (χ3n) is 3.08. The van der Waals surface area contributed by atoms with Gasteiger partial charge in [-0.1, -0.05) is 49.7 Å². The first-order chi connectivity index (χ1) is 9.61. The SMILES string of the molecule is CC(C)c1c(Cl)ncnc1NCc1ccc(CO)cc1. The van der Waals surface area contributed by atoms with Crippen LogP contribution in [0.25, 0.3) is 0 Å². The lowest BCUT2D eigenvalue weighted by Gasteiger charge is -2.14. The number of anilines is 1. The molecule has 0 aliphatic carbocycles. The summed E-state index contributed by atoms with van der Waals surface area (Å²) >= 11 is 6.13. The molecule has 0 amide bonds. The van der Waals surface area contributed by atoms with Crippen molar-refractivity contribution < 1.29 is 5.11 Å². The molecule has 0 aliphatic rings. The fraction of sp³-hybridized carbons (Fsp3) is 0.333. The maximum absolute atomic E-state index is 9.02. The molecule has 0 radical (unpaired) electrons. The summed E-state index contributed by atoms with van der Waals surface area (Å²) in [6.07, 6.45) is 1.46. The normalized spacial score (nSPS) is 10.8. The van der Waals surface area contributed by atoms with E-state index in [0.29, 0.717) is 11.7 Å². The molecule has 0 unspecified atom stereocenters. The second-order valence-electron chi connectivity index (χ2n) is 4.91. The van der Waals surface area contributed by atoms with Crippen molar-refractivity contribution in [3.05, 3.63) is 52.4 Å². The van der Waals surface area contributed by atoms with E-state index in [4.69, 9.17) is 16.7 Å². The Kier molecular flexibility index (Phi) is 4.93. The van der Waals surface area contributed by atoms with Crippen LogP contribution in [0.1, 0.15) is 36.5 Å². The number of aromatic nitrogens is 2. The van der Waals surface area contributed by atoms with Crippen LogP contribution < -0.4 is 5.32 Å². The van der Waals surface area contributed by atoms with Crippen molar-refractivity contribution in [2.24, 2.45) is 0 Å². The van der Waals surface area contributed by atoms with E-state index in [1.165, 1.54) is 6.33 Å². The van der Waals surface area contributed by atoms with Gasteiger partial charge in [-0.3, -0.25) is 0 Å². The highest BCUT2D eigenvalue weighted by atomic mass is 35.5. The first-order valence-corrected chi connectivity index (χ1v) is 6.92. The number of halogens is 1. The van der Waals surface area contributed by atoms with Crippen molar-refractivity contribution in [1.29, 1.82) is 0 Å². The molecular weight excluding hydrogens is 274 g/mol. The highest BCUT2D eigenvalue weighted by Gasteiger charge is 2.13. The van der Waals surface area contributed by atoms with Gasteiger partial charge in [0.15, 0.2) is 0 Å². The van der Waals surface area contributed by atoms with E-state index in [1.807, 2.05) is 24.3 Å². The van der Waals surface area contributed by atoms with Gasteiger partial charge in [-0.15, -0.1) is 0 Å². The van der Waals surface area contributed by atoms with Gasteiger partial charge in [-0.25, -0.2) is 9.97 Å². The number of aliphatic hydroxyl groups excluding tert-OH is 1. The molecule has 2 aromatic rings. The molecule has 0 aliphatic heterocycles. The van der Waals surface area contributed by atoms with E-state index in [1.54, 1.807) is 0 Å². The molecule has 5 heteroatoms. The van der Waals surface area contributed by atoms with Crippen molar-refractivity contribution in [2.75, 3.05) is 5.32 Å². The van der Waals surface area contributed by atoms with Crippen LogP contribution in [0.5, 0.6) is 0 Å². The summed E-state index contributed by atoms with van der Waals surface area (Å²) in [5.74, 6) is 1.02. The van der Waals surface area contributed by atoms with Crippen molar-refractivity contribution in [1.82, 2.24) is 9.97 Å². The summed E-state index contributed by atoms with van der Waals surface area (Å²) in [5, 5.41) is 12.8. The van der Waals surface area contributed by atoms with Crippen molar-refractivity contribution in [2.45, 2.75) is 32.9 Å². The zero-order valence-electron chi connectivity index (χ0n) is 11.6. The lowest BCUT2D eigenvalue weighted by molar-refractivity contribution is 0.282. The molecule has 20 heavy (non-hydrogen) atoms. The van der Waals surface area contributed by atoms with Crippen molar-refractivity contribution in [3.63, 3.8) is 0 Å². The van der Waals surface area contributed by atoms with Gasteiger partial charge in [0.25, 0.3) is 0 Å². The Balaban J connectivity index is 2.12. The molecule has 1 aromatic carbocycles. The van der Waals surface area contributed by atoms with Gasteiger partial charge >= 0.3 is 0 Å². The molecule has 0 saturated carbocycles. The van der Waals surface area contributed by atoms with Crippen LogP contribution in [-0.4, -0.2) is 15.1 Å². The van der Waals surface area contributed by atoms with Gasteiger partial charge in [0, 0.05) is 12.1 Å². The Morgan fingerprint density at radius 2 is 1.80 bits per heavy atom. The van der Waals surface area contributed by atoms with E-state index >= 15 is 0 Å². The van der Waals surface area contributed by atoms with Crippen LogP contribution in [0, 0.1) is 0 Å². The molecule has 0 fully saturated rings. The Labute approximate surface area is 123 Å². The summed E-state index contributed by atoms with van der Waals surface area (Å²) in [6, 6.07) is 7.79. The minimum Gasteiger partial charge on any atom is -0.392 e. The minimum atomic E-state index is 0.0622. The molecule has 2 N–H and O–H groups in total. The van der Waals surface area contributed by atoms with Crippen LogP contribution in [0.4, 0.5) is 5.82 Å². The molecule has 0 bridgehead atoms. The lowest BCUT2D eigenvalue weighted by atomic mass is 10.1. The predicted molar refractivity (Wildman–Crippen MR) is 80.8 cm³/mol. The molecule has 0 spiro atoms. The van der Waals surface area contributed by atoms with Gasteiger partial charge in [0.2, 0.25) is 0 Å². The van der Waals surface area contributed by atoms with Crippen LogP contribution in [0.2, 0.25) is 5.15 Å². The standard InChI is InChI=1S/C15H18ClN3O/c1-10(2)13-14(16)18-9-19-15(13)17-7-11-3-5-12(8-20)6-4-11/h3-6,9-10,20H,7-8H2,1-2H3,(H,17,18,19). The maximum Gasteiger partial charge on any atom is 0.138 e. The number of aliphatic hydroxyl groups is 1. The average molecular weight is 292 g/mol. The van der Waals surface area contributed by atoms with Gasteiger partial charge in [0.05, 0.1) is 6.61 Å². The van der Waals surface area contributed by atoms with E-state index in [9.17, 15) is 0 Å². The van der Waals surface area contributed by atoms with E-state index in [0.717, 1.165) is 22.5 Å². The molecule has 106 valence electrons. The second-order valence-corrected chi connectivity index (χ2v) is 5.27. The third-order valence-corrected chi connectivity index (χ3v) is 3.38. The Morgan fingerprint density at radius 3 is 2.40 bits per heavy atom. The fourth-order valence-electron chi connectivity index (χ4n) is 1.97. The summed E-state index contributed by atoms with van der Waals surface area (Å²) in [4.78, 5) is 8.29. The van der Waals surface area contributed by atoms with Crippen molar-refractivity contribution >= 4 is 17.4 Å². The molecule has 0 atom stereocenters. The zero-order chi connectivity index (χ0) is 14.5. The third kappa shape index (κ3) is 3.46. The molecular formula is C15H18ClN3O. The Bertz CT molecular complexity index is 570. The monoisotopic (exact) mass is 291 g/mol. The van der Waals surface area contributed by atoms with Crippen LogP contribution >= 0.6 is 11.6 Å². The zero-order valence-corrected chi connectivity index (χ0v) is 12.4. The average Bonchev–Trinajstić information content (AvgIpc) is 2.45. The Morgan fingerprint density at radius 1 is 1.15 bits per heavy atom. The summed E-state index contributed by atoms with van der Waals surface area (Å²) in [5.41, 5.74) is 2.95. The van der Waals surface area contributed by atoms with Crippen molar-refractivity contribution in [3.8, 4) is 0 Å². The largest absolute Gasteiger partial charge is 0.392 e. The summed E-state index contributed by atoms with van der Waals surface area (Å²) in [7, 11) is 0. The number of nitrogens with zero attached hydrogens (tertiary/aromatic N) is 2.